The average molecular weight is 365 g/mol. The smallest absolute Gasteiger partial charge is 0.229 e. The number of hydrogen-bond donors (Lipinski definition) is 0. The van der Waals surface area contributed by atoms with Crippen molar-refractivity contribution >= 4 is 5.95 Å². The van der Waals surface area contributed by atoms with E-state index < -0.39 is 0 Å². The predicted molar refractivity (Wildman–Crippen MR) is 104 cm³/mol. The third-order valence-electron chi connectivity index (χ3n) is 4.17. The van der Waals surface area contributed by atoms with Gasteiger partial charge in [0.1, 0.15) is 11.5 Å². The maximum atomic E-state index is 5.26. The van der Waals surface area contributed by atoms with Gasteiger partial charge in [0.05, 0.1) is 21.3 Å². The third-order valence-corrected chi connectivity index (χ3v) is 4.17. The van der Waals surface area contributed by atoms with Gasteiger partial charge in [-0.2, -0.15) is 4.98 Å². The Labute approximate surface area is 159 Å². The van der Waals surface area contributed by atoms with Gasteiger partial charge in [-0.05, 0) is 35.4 Å². The lowest BCUT2D eigenvalue weighted by Crippen LogP contribution is -2.24. The van der Waals surface area contributed by atoms with E-state index in [4.69, 9.17) is 14.2 Å². The first-order chi connectivity index (χ1) is 13.2. The highest BCUT2D eigenvalue weighted by Gasteiger charge is 2.13. The number of benzene rings is 2. The molecule has 0 bridgehead atoms. The molecular weight excluding hydrogens is 342 g/mol. The molecule has 0 amide bonds. The van der Waals surface area contributed by atoms with Crippen molar-refractivity contribution in [1.82, 2.24) is 9.97 Å². The lowest BCUT2D eigenvalue weighted by Gasteiger charge is -2.23. The minimum atomic E-state index is 0.537. The molecule has 0 atom stereocenters. The molecule has 6 nitrogen and oxygen atoms in total. The van der Waals surface area contributed by atoms with Crippen LogP contribution < -0.4 is 19.1 Å². The van der Waals surface area contributed by atoms with Gasteiger partial charge in [0.2, 0.25) is 11.8 Å². The summed E-state index contributed by atoms with van der Waals surface area (Å²) in [5, 5.41) is 0. The first-order valence-electron chi connectivity index (χ1n) is 8.59. The number of rotatable bonds is 8. The summed E-state index contributed by atoms with van der Waals surface area (Å²) in [6, 6.07) is 17.7. The van der Waals surface area contributed by atoms with Crippen LogP contribution in [0.5, 0.6) is 17.4 Å². The molecule has 1 heterocycles. The third kappa shape index (κ3) is 4.88. The Balaban J connectivity index is 1.86. The van der Waals surface area contributed by atoms with Crippen LogP contribution in [-0.2, 0) is 13.1 Å². The number of methoxy groups -OCH3 is 3. The summed E-state index contributed by atoms with van der Waals surface area (Å²) in [6.45, 7) is 1.31. The normalized spacial score (nSPS) is 10.3. The summed E-state index contributed by atoms with van der Waals surface area (Å²) in [7, 11) is 4.92. The Bertz CT molecular complexity index is 802. The van der Waals surface area contributed by atoms with Gasteiger partial charge in [0.15, 0.2) is 0 Å². The Morgan fingerprint density at radius 2 is 1.22 bits per heavy atom. The molecule has 3 aromatic rings. The number of aromatic nitrogens is 2. The van der Waals surface area contributed by atoms with Gasteiger partial charge >= 0.3 is 0 Å². The highest BCUT2D eigenvalue weighted by Crippen LogP contribution is 2.21. The topological polar surface area (TPSA) is 56.7 Å². The van der Waals surface area contributed by atoms with Crippen molar-refractivity contribution in [1.29, 1.82) is 0 Å². The van der Waals surface area contributed by atoms with E-state index in [0.717, 1.165) is 22.6 Å². The molecular formula is C21H23N3O3. The zero-order valence-corrected chi connectivity index (χ0v) is 15.8. The highest BCUT2D eigenvalue weighted by atomic mass is 16.5. The van der Waals surface area contributed by atoms with Crippen molar-refractivity contribution in [2.75, 3.05) is 26.2 Å². The second-order valence-corrected chi connectivity index (χ2v) is 5.95. The quantitative estimate of drug-likeness (QED) is 0.607. The molecule has 0 saturated heterocycles. The fourth-order valence-corrected chi connectivity index (χ4v) is 2.70. The van der Waals surface area contributed by atoms with E-state index in [1.807, 2.05) is 48.5 Å². The molecule has 0 radical (unpaired) electrons. The molecule has 27 heavy (non-hydrogen) atoms. The molecule has 0 fully saturated rings. The molecule has 3 rings (SSSR count). The van der Waals surface area contributed by atoms with Gasteiger partial charge in [-0.25, -0.2) is 4.98 Å². The van der Waals surface area contributed by atoms with E-state index in [1.165, 1.54) is 0 Å². The monoisotopic (exact) mass is 365 g/mol. The minimum absolute atomic E-state index is 0.537. The fourth-order valence-electron chi connectivity index (χ4n) is 2.70. The lowest BCUT2D eigenvalue weighted by molar-refractivity contribution is 0.396. The number of nitrogens with zero attached hydrogens (tertiary/aromatic N) is 3. The first-order valence-corrected chi connectivity index (χ1v) is 8.59. The molecule has 0 aliphatic heterocycles. The van der Waals surface area contributed by atoms with Crippen LogP contribution in [0.3, 0.4) is 0 Å². The molecule has 0 saturated carbocycles. The summed E-state index contributed by atoms with van der Waals surface area (Å²) in [6.07, 6.45) is 1.70. The SMILES string of the molecule is COc1ccc(CN(Cc2ccc(OC)cc2)c2nccc(OC)n2)cc1. The van der Waals surface area contributed by atoms with Crippen molar-refractivity contribution in [3.63, 3.8) is 0 Å². The van der Waals surface area contributed by atoms with E-state index in [9.17, 15) is 0 Å². The molecule has 1 aromatic heterocycles. The molecule has 6 heteroatoms. The Hall–Kier alpha value is -3.28. The maximum absolute atomic E-state index is 5.26. The summed E-state index contributed by atoms with van der Waals surface area (Å²) in [5.74, 6) is 2.81. The van der Waals surface area contributed by atoms with Crippen molar-refractivity contribution in [2.45, 2.75) is 13.1 Å². The van der Waals surface area contributed by atoms with Crippen molar-refractivity contribution in [3.05, 3.63) is 71.9 Å². The van der Waals surface area contributed by atoms with Crippen LogP contribution in [-0.4, -0.2) is 31.3 Å². The molecule has 0 aliphatic carbocycles. The van der Waals surface area contributed by atoms with E-state index in [0.29, 0.717) is 24.9 Å². The van der Waals surface area contributed by atoms with Crippen LogP contribution in [0.2, 0.25) is 0 Å². The van der Waals surface area contributed by atoms with E-state index in [1.54, 1.807) is 33.6 Å². The second-order valence-electron chi connectivity index (χ2n) is 5.95. The van der Waals surface area contributed by atoms with E-state index in [-0.39, 0.29) is 0 Å². The fraction of sp³-hybridized carbons (Fsp3) is 0.238. The van der Waals surface area contributed by atoms with Gasteiger partial charge in [-0.3, -0.25) is 0 Å². The Morgan fingerprint density at radius 3 is 1.67 bits per heavy atom. The molecule has 2 aromatic carbocycles. The van der Waals surface area contributed by atoms with Crippen molar-refractivity contribution < 1.29 is 14.2 Å². The molecule has 0 aliphatic rings. The standard InChI is InChI=1S/C21H23N3O3/c1-25-18-8-4-16(5-9-18)14-24(21-22-13-12-20(23-21)27-3)15-17-6-10-19(26-2)11-7-17/h4-13H,14-15H2,1-3H3. The van der Waals surface area contributed by atoms with Gasteiger partial charge < -0.3 is 19.1 Å². The van der Waals surface area contributed by atoms with Gasteiger partial charge in [-0.1, -0.05) is 24.3 Å². The van der Waals surface area contributed by atoms with Gasteiger partial charge in [0, 0.05) is 25.4 Å². The lowest BCUT2D eigenvalue weighted by atomic mass is 10.1. The number of anilines is 1. The van der Waals surface area contributed by atoms with Crippen LogP contribution >= 0.6 is 0 Å². The summed E-state index contributed by atoms with van der Waals surface area (Å²) >= 11 is 0. The Kier molecular flexibility index (Phi) is 6.10. The van der Waals surface area contributed by atoms with Crippen LogP contribution in [0, 0.1) is 0 Å². The van der Waals surface area contributed by atoms with Crippen LogP contribution in [0.25, 0.3) is 0 Å². The van der Waals surface area contributed by atoms with Crippen molar-refractivity contribution in [2.24, 2.45) is 0 Å². The van der Waals surface area contributed by atoms with E-state index in [2.05, 4.69) is 14.9 Å². The van der Waals surface area contributed by atoms with Crippen LogP contribution in [0.1, 0.15) is 11.1 Å². The molecule has 140 valence electrons. The summed E-state index contributed by atoms with van der Waals surface area (Å²) in [4.78, 5) is 11.0. The van der Waals surface area contributed by atoms with Crippen LogP contribution in [0.4, 0.5) is 5.95 Å². The first kappa shape index (κ1) is 18.5. The molecule has 0 N–H and O–H groups in total. The highest BCUT2D eigenvalue weighted by molar-refractivity contribution is 5.38. The predicted octanol–water partition coefficient (Wildman–Crippen LogP) is 3.71. The molecule has 0 spiro atoms. The Morgan fingerprint density at radius 1 is 0.704 bits per heavy atom. The zero-order valence-electron chi connectivity index (χ0n) is 15.8. The summed E-state index contributed by atoms with van der Waals surface area (Å²) in [5.41, 5.74) is 2.27. The van der Waals surface area contributed by atoms with E-state index >= 15 is 0 Å². The maximum Gasteiger partial charge on any atom is 0.229 e. The molecule has 0 unspecified atom stereocenters. The minimum Gasteiger partial charge on any atom is -0.497 e. The second kappa shape index (κ2) is 8.89. The zero-order chi connectivity index (χ0) is 19.1. The number of ether oxygens (including phenoxy) is 3. The van der Waals surface area contributed by atoms with Crippen molar-refractivity contribution in [3.8, 4) is 17.4 Å². The average Bonchev–Trinajstić information content (AvgIpc) is 2.74. The van der Waals surface area contributed by atoms with Gasteiger partial charge in [-0.15, -0.1) is 0 Å². The van der Waals surface area contributed by atoms with Crippen LogP contribution in [0.15, 0.2) is 60.8 Å². The van der Waals surface area contributed by atoms with Gasteiger partial charge in [0.25, 0.3) is 0 Å². The summed E-state index contributed by atoms with van der Waals surface area (Å²) < 4.78 is 15.7. The number of hydrogen-bond acceptors (Lipinski definition) is 6. The largest absolute Gasteiger partial charge is 0.497 e.